The van der Waals surface area contributed by atoms with Crippen LogP contribution in [0.5, 0.6) is 0 Å². The van der Waals surface area contributed by atoms with Crippen molar-refractivity contribution in [3.8, 4) is 0 Å². The number of ether oxygens (including phenoxy) is 1. The van der Waals surface area contributed by atoms with E-state index in [9.17, 15) is 10.1 Å². The van der Waals surface area contributed by atoms with Gasteiger partial charge in [0.25, 0.3) is 5.69 Å². The summed E-state index contributed by atoms with van der Waals surface area (Å²) in [7, 11) is 0. The lowest BCUT2D eigenvalue weighted by atomic mass is 9.96. The third kappa shape index (κ3) is 3.82. The lowest BCUT2D eigenvalue weighted by Gasteiger charge is -2.37. The van der Waals surface area contributed by atoms with Gasteiger partial charge >= 0.3 is 0 Å². The Balaban J connectivity index is 1.71. The van der Waals surface area contributed by atoms with Crippen molar-refractivity contribution in [1.29, 1.82) is 0 Å². The van der Waals surface area contributed by atoms with Gasteiger partial charge in [-0.25, -0.2) is 0 Å². The van der Waals surface area contributed by atoms with Crippen LogP contribution in [-0.4, -0.2) is 55.8 Å². The average Bonchev–Trinajstić information content (AvgIpc) is 2.55. The van der Waals surface area contributed by atoms with Crippen molar-refractivity contribution in [3.63, 3.8) is 0 Å². The number of hydrogen-bond donors (Lipinski definition) is 0. The molecule has 3 rings (SSSR count). The average molecular weight is 319 g/mol. The van der Waals surface area contributed by atoms with Gasteiger partial charge in [-0.2, -0.15) is 0 Å². The molecule has 6 heteroatoms. The number of para-hydroxylation sites is 1. The Morgan fingerprint density at radius 3 is 2.83 bits per heavy atom. The number of aryl methyl sites for hydroxylation is 1. The number of nitro benzene ring substituents is 1. The first-order chi connectivity index (χ1) is 11.1. The van der Waals surface area contributed by atoms with E-state index in [1.54, 1.807) is 0 Å². The predicted octanol–water partition coefficient (Wildman–Crippen LogP) is 2.45. The van der Waals surface area contributed by atoms with Gasteiger partial charge in [0.15, 0.2) is 0 Å². The van der Waals surface area contributed by atoms with Gasteiger partial charge in [-0.15, -0.1) is 0 Å². The monoisotopic (exact) mass is 319 g/mol. The maximum absolute atomic E-state index is 11.4. The van der Waals surface area contributed by atoms with Gasteiger partial charge in [0.2, 0.25) is 0 Å². The van der Waals surface area contributed by atoms with Crippen LogP contribution in [-0.2, 0) is 4.74 Å². The SMILES string of the molecule is Cc1cccc(N2CCCC(CN3CCOCC3)C2)c1[N+](=O)[O-]. The number of nitrogens with zero attached hydrogens (tertiary/aromatic N) is 3. The normalized spacial score (nSPS) is 23.0. The molecule has 2 aliphatic heterocycles. The van der Waals surface area contributed by atoms with Crippen LogP contribution in [0.1, 0.15) is 18.4 Å². The van der Waals surface area contributed by atoms with Crippen molar-refractivity contribution < 1.29 is 9.66 Å². The van der Waals surface area contributed by atoms with Crippen molar-refractivity contribution in [3.05, 3.63) is 33.9 Å². The fraction of sp³-hybridized carbons (Fsp3) is 0.647. The summed E-state index contributed by atoms with van der Waals surface area (Å²) >= 11 is 0. The van der Waals surface area contributed by atoms with Crippen molar-refractivity contribution in [2.45, 2.75) is 19.8 Å². The van der Waals surface area contributed by atoms with E-state index >= 15 is 0 Å². The van der Waals surface area contributed by atoms with E-state index in [2.05, 4.69) is 9.80 Å². The number of benzene rings is 1. The van der Waals surface area contributed by atoms with Crippen LogP contribution in [0.15, 0.2) is 18.2 Å². The van der Waals surface area contributed by atoms with E-state index in [0.29, 0.717) is 5.92 Å². The first-order valence-electron chi connectivity index (χ1n) is 8.44. The highest BCUT2D eigenvalue weighted by Gasteiger charge is 2.27. The molecule has 0 bridgehead atoms. The Kier molecular flexibility index (Phi) is 5.13. The zero-order valence-corrected chi connectivity index (χ0v) is 13.7. The number of piperidine rings is 1. The summed E-state index contributed by atoms with van der Waals surface area (Å²) in [5, 5.41) is 11.4. The van der Waals surface area contributed by atoms with Crippen LogP contribution in [0.4, 0.5) is 11.4 Å². The van der Waals surface area contributed by atoms with Gasteiger partial charge in [0, 0.05) is 38.3 Å². The van der Waals surface area contributed by atoms with Gasteiger partial charge in [-0.1, -0.05) is 12.1 Å². The molecule has 2 heterocycles. The number of morpholine rings is 1. The lowest BCUT2D eigenvalue weighted by Crippen LogP contribution is -2.44. The second-order valence-electron chi connectivity index (χ2n) is 6.57. The molecule has 0 radical (unpaired) electrons. The highest BCUT2D eigenvalue weighted by Crippen LogP contribution is 2.34. The largest absolute Gasteiger partial charge is 0.379 e. The molecule has 1 aromatic carbocycles. The molecule has 0 amide bonds. The molecule has 0 N–H and O–H groups in total. The number of hydrogen-bond acceptors (Lipinski definition) is 5. The first kappa shape index (κ1) is 16.2. The Morgan fingerprint density at radius 2 is 2.09 bits per heavy atom. The number of anilines is 1. The molecule has 6 nitrogen and oxygen atoms in total. The quantitative estimate of drug-likeness (QED) is 0.630. The second-order valence-corrected chi connectivity index (χ2v) is 6.57. The van der Waals surface area contributed by atoms with Crippen LogP contribution < -0.4 is 4.90 Å². The maximum Gasteiger partial charge on any atom is 0.295 e. The third-order valence-corrected chi connectivity index (χ3v) is 4.88. The van der Waals surface area contributed by atoms with Crippen molar-refractivity contribution in [2.24, 2.45) is 5.92 Å². The molecule has 1 atom stereocenters. The molecule has 2 fully saturated rings. The van der Waals surface area contributed by atoms with Gasteiger partial charge < -0.3 is 9.64 Å². The van der Waals surface area contributed by atoms with Gasteiger partial charge in [0.05, 0.1) is 18.1 Å². The molecule has 0 aliphatic carbocycles. The van der Waals surface area contributed by atoms with Gasteiger partial charge in [-0.05, 0) is 31.7 Å². The smallest absolute Gasteiger partial charge is 0.295 e. The standard InChI is InChI=1S/C17H25N3O3/c1-14-4-2-6-16(17(14)20(21)22)19-7-3-5-15(13-19)12-18-8-10-23-11-9-18/h2,4,6,15H,3,5,7-13H2,1H3. The Labute approximate surface area is 137 Å². The second kappa shape index (κ2) is 7.27. The minimum atomic E-state index is -0.240. The highest BCUT2D eigenvalue weighted by atomic mass is 16.6. The molecule has 1 aromatic rings. The summed E-state index contributed by atoms with van der Waals surface area (Å²) in [5.41, 5.74) is 1.78. The zero-order valence-electron chi connectivity index (χ0n) is 13.7. The molecule has 23 heavy (non-hydrogen) atoms. The van der Waals surface area contributed by atoms with Gasteiger partial charge in [0.1, 0.15) is 5.69 Å². The molecular formula is C17H25N3O3. The molecular weight excluding hydrogens is 294 g/mol. The van der Waals surface area contributed by atoms with Crippen LogP contribution in [0.25, 0.3) is 0 Å². The molecule has 126 valence electrons. The summed E-state index contributed by atoms with van der Waals surface area (Å²) in [4.78, 5) is 15.9. The van der Waals surface area contributed by atoms with Crippen LogP contribution >= 0.6 is 0 Å². The van der Waals surface area contributed by atoms with Crippen LogP contribution in [0.3, 0.4) is 0 Å². The number of rotatable bonds is 4. The lowest BCUT2D eigenvalue weighted by molar-refractivity contribution is -0.384. The third-order valence-electron chi connectivity index (χ3n) is 4.88. The zero-order chi connectivity index (χ0) is 16.2. The molecule has 0 saturated carbocycles. The highest BCUT2D eigenvalue weighted by molar-refractivity contribution is 5.66. The van der Waals surface area contributed by atoms with E-state index in [1.807, 2.05) is 25.1 Å². The summed E-state index contributed by atoms with van der Waals surface area (Å²) in [5.74, 6) is 0.571. The van der Waals surface area contributed by atoms with Crippen LogP contribution in [0, 0.1) is 23.0 Å². The molecule has 1 unspecified atom stereocenters. The van der Waals surface area contributed by atoms with Crippen molar-refractivity contribution in [2.75, 3.05) is 50.8 Å². The van der Waals surface area contributed by atoms with E-state index in [0.717, 1.165) is 63.6 Å². The molecule has 2 saturated heterocycles. The number of nitro groups is 1. The van der Waals surface area contributed by atoms with E-state index in [4.69, 9.17) is 4.74 Å². The summed E-state index contributed by atoms with van der Waals surface area (Å²) in [6, 6.07) is 5.63. The Bertz CT molecular complexity index is 558. The van der Waals surface area contributed by atoms with Crippen LogP contribution in [0.2, 0.25) is 0 Å². The minimum Gasteiger partial charge on any atom is -0.379 e. The predicted molar refractivity (Wildman–Crippen MR) is 90.0 cm³/mol. The van der Waals surface area contributed by atoms with Crippen molar-refractivity contribution in [1.82, 2.24) is 4.90 Å². The fourth-order valence-corrected chi connectivity index (χ4v) is 3.72. The summed E-state index contributed by atoms with van der Waals surface area (Å²) < 4.78 is 5.41. The Morgan fingerprint density at radius 1 is 1.30 bits per heavy atom. The molecule has 0 aromatic heterocycles. The maximum atomic E-state index is 11.4. The summed E-state index contributed by atoms with van der Waals surface area (Å²) in [6.45, 7) is 8.34. The Hall–Kier alpha value is -1.66. The van der Waals surface area contributed by atoms with E-state index in [1.165, 1.54) is 6.42 Å². The van der Waals surface area contributed by atoms with E-state index in [-0.39, 0.29) is 10.6 Å². The van der Waals surface area contributed by atoms with Gasteiger partial charge in [-0.3, -0.25) is 15.0 Å². The molecule has 2 aliphatic rings. The van der Waals surface area contributed by atoms with Crippen molar-refractivity contribution >= 4 is 11.4 Å². The minimum absolute atomic E-state index is 0.240. The fourth-order valence-electron chi connectivity index (χ4n) is 3.72. The molecule has 0 spiro atoms. The summed E-state index contributed by atoms with van der Waals surface area (Å²) in [6.07, 6.45) is 2.30. The topological polar surface area (TPSA) is 58.8 Å². The first-order valence-corrected chi connectivity index (χ1v) is 8.44. The van der Waals surface area contributed by atoms with E-state index < -0.39 is 0 Å².